The van der Waals surface area contributed by atoms with E-state index in [1.807, 2.05) is 0 Å². The molecule has 0 fully saturated rings. The molecule has 28 heavy (non-hydrogen) atoms. The van der Waals surface area contributed by atoms with Gasteiger partial charge in [-0.05, 0) is 24.1 Å². The lowest BCUT2D eigenvalue weighted by atomic mass is 10.1. The normalized spacial score (nSPS) is 11.6. The predicted molar refractivity (Wildman–Crippen MR) is 117 cm³/mol. The highest BCUT2D eigenvalue weighted by Crippen LogP contribution is 2.29. The van der Waals surface area contributed by atoms with E-state index in [9.17, 15) is 18.0 Å². The molecule has 0 aliphatic carbocycles. The van der Waals surface area contributed by atoms with Gasteiger partial charge >= 0.3 is 6.18 Å². The fraction of sp³-hybridized carbons (Fsp3) is 0.579. The van der Waals surface area contributed by atoms with E-state index in [0.717, 1.165) is 37.8 Å². The maximum absolute atomic E-state index is 12.8. The van der Waals surface area contributed by atoms with Crippen LogP contribution in [0.1, 0.15) is 43.7 Å². The monoisotopic (exact) mass is 514 g/mol. The topological polar surface area (TPSA) is 56.7 Å². The summed E-state index contributed by atoms with van der Waals surface area (Å²) in [5, 5.41) is 6.07. The Morgan fingerprint density at radius 2 is 1.86 bits per heavy atom. The van der Waals surface area contributed by atoms with Crippen LogP contribution in [0.5, 0.6) is 0 Å². The van der Waals surface area contributed by atoms with Crippen molar-refractivity contribution in [3.63, 3.8) is 0 Å². The summed E-state index contributed by atoms with van der Waals surface area (Å²) in [6, 6.07) is 5.10. The third-order valence-electron chi connectivity index (χ3n) is 3.90. The summed E-state index contributed by atoms with van der Waals surface area (Å²) >= 11 is 0. The Bertz CT molecular complexity index is 621. The number of alkyl halides is 3. The van der Waals surface area contributed by atoms with E-state index < -0.39 is 11.7 Å². The number of nitrogens with zero attached hydrogens (tertiary/aromatic N) is 2. The van der Waals surface area contributed by atoms with Crippen LogP contribution in [-0.2, 0) is 17.5 Å². The summed E-state index contributed by atoms with van der Waals surface area (Å²) in [6.45, 7) is 2.97. The highest BCUT2D eigenvalue weighted by atomic mass is 127. The number of rotatable bonds is 9. The van der Waals surface area contributed by atoms with Gasteiger partial charge in [0.25, 0.3) is 0 Å². The standard InChI is InChI=1S/C19H29F3N4O.HI/c1-4-5-6-7-11-23-18(25-14-17(27)26(2)3)24-13-15-9-8-10-16(12-15)19(20,21)22;/h8-10,12H,4-7,11,13-14H2,1-3H3,(H2,23,24,25);1H. The molecule has 0 radical (unpaired) electrons. The third-order valence-corrected chi connectivity index (χ3v) is 3.90. The van der Waals surface area contributed by atoms with Crippen LogP contribution in [0.25, 0.3) is 0 Å². The van der Waals surface area contributed by atoms with E-state index in [0.29, 0.717) is 18.1 Å². The summed E-state index contributed by atoms with van der Waals surface area (Å²) in [6.07, 6.45) is -0.0613. The van der Waals surface area contributed by atoms with Crippen molar-refractivity contribution in [3.8, 4) is 0 Å². The van der Waals surface area contributed by atoms with Crippen molar-refractivity contribution in [1.82, 2.24) is 15.5 Å². The molecule has 0 aliphatic rings. The molecule has 0 bridgehead atoms. The fourth-order valence-corrected chi connectivity index (χ4v) is 2.27. The van der Waals surface area contributed by atoms with Crippen LogP contribution < -0.4 is 10.6 Å². The molecule has 0 aliphatic heterocycles. The number of likely N-dealkylation sites (N-methyl/N-ethyl adjacent to an activating group) is 1. The Hall–Kier alpha value is -1.52. The van der Waals surface area contributed by atoms with E-state index in [1.165, 1.54) is 11.0 Å². The van der Waals surface area contributed by atoms with E-state index in [1.54, 1.807) is 20.2 Å². The number of hydrogen-bond acceptors (Lipinski definition) is 2. The Morgan fingerprint density at radius 1 is 1.14 bits per heavy atom. The third kappa shape index (κ3) is 10.7. The lowest BCUT2D eigenvalue weighted by molar-refractivity contribution is -0.137. The number of halogens is 4. The zero-order valence-electron chi connectivity index (χ0n) is 16.6. The van der Waals surface area contributed by atoms with E-state index in [-0.39, 0.29) is 43.0 Å². The average molecular weight is 514 g/mol. The molecule has 1 amide bonds. The van der Waals surface area contributed by atoms with Crippen molar-refractivity contribution in [3.05, 3.63) is 35.4 Å². The largest absolute Gasteiger partial charge is 0.416 e. The maximum atomic E-state index is 12.8. The number of aliphatic imine (C=N–C) groups is 1. The van der Waals surface area contributed by atoms with Crippen LogP contribution in [0.15, 0.2) is 29.3 Å². The summed E-state index contributed by atoms with van der Waals surface area (Å²) in [7, 11) is 3.31. The highest BCUT2D eigenvalue weighted by Gasteiger charge is 2.30. The van der Waals surface area contributed by atoms with Gasteiger partial charge in [-0.15, -0.1) is 24.0 Å². The van der Waals surface area contributed by atoms with Gasteiger partial charge in [-0.25, -0.2) is 4.99 Å². The van der Waals surface area contributed by atoms with Crippen LogP contribution in [0.2, 0.25) is 0 Å². The van der Waals surface area contributed by atoms with E-state index in [4.69, 9.17) is 0 Å². The number of hydrogen-bond donors (Lipinski definition) is 2. The molecular formula is C19H30F3IN4O. The first kappa shape index (κ1) is 26.5. The van der Waals surface area contributed by atoms with Crippen molar-refractivity contribution in [2.24, 2.45) is 4.99 Å². The van der Waals surface area contributed by atoms with Gasteiger partial charge in [-0.1, -0.05) is 38.3 Å². The summed E-state index contributed by atoms with van der Waals surface area (Å²) in [5.74, 6) is 0.300. The number of carbonyl (C=O) groups is 1. The summed E-state index contributed by atoms with van der Waals surface area (Å²) in [4.78, 5) is 17.5. The molecule has 160 valence electrons. The quantitative estimate of drug-likeness (QED) is 0.227. The number of benzene rings is 1. The molecule has 0 atom stereocenters. The Balaban J connectivity index is 0.00000729. The Labute approximate surface area is 182 Å². The number of guanidine groups is 1. The zero-order chi connectivity index (χ0) is 20.3. The van der Waals surface area contributed by atoms with Crippen LogP contribution in [-0.4, -0.2) is 44.0 Å². The Morgan fingerprint density at radius 3 is 2.46 bits per heavy atom. The summed E-state index contributed by atoms with van der Waals surface area (Å²) in [5.41, 5.74) is -0.240. The van der Waals surface area contributed by atoms with E-state index in [2.05, 4.69) is 22.5 Å². The number of amides is 1. The van der Waals surface area contributed by atoms with Gasteiger partial charge in [-0.2, -0.15) is 13.2 Å². The van der Waals surface area contributed by atoms with Gasteiger partial charge in [0.2, 0.25) is 5.91 Å². The lowest BCUT2D eigenvalue weighted by Gasteiger charge is -2.15. The predicted octanol–water partition coefficient (Wildman–Crippen LogP) is 4.03. The molecule has 1 aromatic carbocycles. The molecule has 2 N–H and O–H groups in total. The molecule has 1 rings (SSSR count). The summed E-state index contributed by atoms with van der Waals surface area (Å²) < 4.78 is 38.5. The number of nitrogens with one attached hydrogen (secondary N) is 2. The second-order valence-electron chi connectivity index (χ2n) is 6.49. The van der Waals surface area contributed by atoms with Crippen LogP contribution in [0.4, 0.5) is 13.2 Å². The number of unbranched alkanes of at least 4 members (excludes halogenated alkanes) is 3. The molecule has 0 aromatic heterocycles. The molecule has 0 saturated heterocycles. The first-order valence-electron chi connectivity index (χ1n) is 9.12. The van der Waals surface area contributed by atoms with Crippen LogP contribution in [0, 0.1) is 0 Å². The fourth-order valence-electron chi connectivity index (χ4n) is 2.27. The van der Waals surface area contributed by atoms with Crippen LogP contribution in [0.3, 0.4) is 0 Å². The second kappa shape index (κ2) is 13.6. The lowest BCUT2D eigenvalue weighted by Crippen LogP contribution is -2.43. The van der Waals surface area contributed by atoms with Crippen LogP contribution >= 0.6 is 24.0 Å². The van der Waals surface area contributed by atoms with Crippen molar-refractivity contribution < 1.29 is 18.0 Å². The zero-order valence-corrected chi connectivity index (χ0v) is 18.9. The molecule has 0 heterocycles. The second-order valence-corrected chi connectivity index (χ2v) is 6.49. The first-order valence-corrected chi connectivity index (χ1v) is 9.12. The molecule has 0 saturated carbocycles. The maximum Gasteiger partial charge on any atom is 0.416 e. The van der Waals surface area contributed by atoms with E-state index >= 15 is 0 Å². The molecule has 9 heteroatoms. The van der Waals surface area contributed by atoms with Crippen molar-refractivity contribution in [1.29, 1.82) is 0 Å². The van der Waals surface area contributed by atoms with Gasteiger partial charge in [0.05, 0.1) is 18.7 Å². The van der Waals surface area contributed by atoms with Gasteiger partial charge in [-0.3, -0.25) is 4.79 Å². The van der Waals surface area contributed by atoms with Crippen molar-refractivity contribution in [2.75, 3.05) is 27.2 Å². The van der Waals surface area contributed by atoms with Gasteiger partial charge < -0.3 is 15.5 Å². The van der Waals surface area contributed by atoms with Gasteiger partial charge in [0.1, 0.15) is 0 Å². The van der Waals surface area contributed by atoms with Gasteiger partial charge in [0, 0.05) is 20.6 Å². The molecule has 0 unspecified atom stereocenters. The molecule has 1 aromatic rings. The minimum Gasteiger partial charge on any atom is -0.356 e. The SMILES string of the molecule is CCCCCCNC(=NCc1cccc(C(F)(F)F)c1)NCC(=O)N(C)C.I. The first-order chi connectivity index (χ1) is 12.7. The minimum atomic E-state index is -4.38. The van der Waals surface area contributed by atoms with Crippen molar-refractivity contribution >= 4 is 35.8 Å². The Kier molecular flexibility index (Phi) is 12.9. The van der Waals surface area contributed by atoms with Crippen molar-refractivity contribution in [2.45, 2.75) is 45.3 Å². The van der Waals surface area contributed by atoms with Gasteiger partial charge in [0.15, 0.2) is 5.96 Å². The highest BCUT2D eigenvalue weighted by molar-refractivity contribution is 14.0. The molecule has 0 spiro atoms. The molecule has 5 nitrogen and oxygen atoms in total. The number of carbonyl (C=O) groups excluding carboxylic acids is 1. The minimum absolute atomic E-state index is 0. The smallest absolute Gasteiger partial charge is 0.356 e. The molecular weight excluding hydrogens is 484 g/mol. The average Bonchev–Trinajstić information content (AvgIpc) is 2.62.